The number of aromatic amines is 1. The highest BCUT2D eigenvalue weighted by Crippen LogP contribution is 2.33. The smallest absolute Gasteiger partial charge is 0.116 e. The standard InChI is InChI=1S/C15H22N4S/c1-11-4-3-7-19(9-11)14(13-5-2-6-17-13)15-18-12(8-16)10-20-15/h2,5-6,10-11,14,17H,3-4,7-9,16H2,1H3. The number of piperidine rings is 1. The molecule has 0 aliphatic carbocycles. The van der Waals surface area contributed by atoms with Crippen molar-refractivity contribution < 1.29 is 0 Å². The largest absolute Gasteiger partial charge is 0.363 e. The minimum atomic E-state index is 0.248. The summed E-state index contributed by atoms with van der Waals surface area (Å²) in [6, 6.07) is 4.47. The van der Waals surface area contributed by atoms with Gasteiger partial charge in [0.25, 0.3) is 0 Å². The summed E-state index contributed by atoms with van der Waals surface area (Å²) in [5, 5.41) is 3.24. The Balaban J connectivity index is 1.91. The molecule has 1 saturated heterocycles. The molecule has 0 aromatic carbocycles. The van der Waals surface area contributed by atoms with E-state index in [0.29, 0.717) is 6.54 Å². The second kappa shape index (κ2) is 6.08. The zero-order chi connectivity index (χ0) is 13.9. The minimum absolute atomic E-state index is 0.248. The summed E-state index contributed by atoms with van der Waals surface area (Å²) >= 11 is 1.72. The van der Waals surface area contributed by atoms with Crippen molar-refractivity contribution in [3.8, 4) is 0 Å². The number of H-pyrrole nitrogens is 1. The first-order valence-electron chi connectivity index (χ1n) is 7.29. The van der Waals surface area contributed by atoms with Gasteiger partial charge in [0.15, 0.2) is 0 Å². The summed E-state index contributed by atoms with van der Waals surface area (Å²) in [7, 11) is 0. The van der Waals surface area contributed by atoms with Crippen molar-refractivity contribution in [2.75, 3.05) is 13.1 Å². The first kappa shape index (κ1) is 13.8. The molecule has 2 unspecified atom stereocenters. The van der Waals surface area contributed by atoms with Gasteiger partial charge in [-0.3, -0.25) is 4.90 Å². The molecule has 108 valence electrons. The van der Waals surface area contributed by atoms with Gasteiger partial charge >= 0.3 is 0 Å². The third kappa shape index (κ3) is 2.80. The van der Waals surface area contributed by atoms with Crippen molar-refractivity contribution in [1.29, 1.82) is 0 Å². The lowest BCUT2D eigenvalue weighted by Gasteiger charge is -2.36. The van der Waals surface area contributed by atoms with Gasteiger partial charge < -0.3 is 10.7 Å². The van der Waals surface area contributed by atoms with Gasteiger partial charge in [0.2, 0.25) is 0 Å². The summed E-state index contributed by atoms with van der Waals surface area (Å²) in [6.07, 6.45) is 4.60. The summed E-state index contributed by atoms with van der Waals surface area (Å²) in [4.78, 5) is 10.6. The van der Waals surface area contributed by atoms with Gasteiger partial charge in [-0.1, -0.05) is 6.92 Å². The van der Waals surface area contributed by atoms with Gasteiger partial charge in [-0.05, 0) is 37.4 Å². The number of thiazole rings is 1. The number of aromatic nitrogens is 2. The molecule has 2 aromatic heterocycles. The average molecular weight is 290 g/mol. The van der Waals surface area contributed by atoms with Crippen LogP contribution in [0.1, 0.15) is 42.2 Å². The Labute approximate surface area is 124 Å². The van der Waals surface area contributed by atoms with Crippen LogP contribution in [0.4, 0.5) is 0 Å². The first-order valence-corrected chi connectivity index (χ1v) is 8.17. The van der Waals surface area contributed by atoms with Crippen molar-refractivity contribution in [2.24, 2.45) is 11.7 Å². The van der Waals surface area contributed by atoms with Crippen LogP contribution in [0.3, 0.4) is 0 Å². The second-order valence-electron chi connectivity index (χ2n) is 5.65. The van der Waals surface area contributed by atoms with Gasteiger partial charge in [-0.2, -0.15) is 0 Å². The number of nitrogens with one attached hydrogen (secondary N) is 1. The minimum Gasteiger partial charge on any atom is -0.363 e. The van der Waals surface area contributed by atoms with Crippen LogP contribution in [0.2, 0.25) is 0 Å². The molecule has 0 spiro atoms. The van der Waals surface area contributed by atoms with E-state index in [1.165, 1.54) is 18.5 Å². The molecule has 0 bridgehead atoms. The third-order valence-electron chi connectivity index (χ3n) is 3.98. The van der Waals surface area contributed by atoms with Gasteiger partial charge in [0.1, 0.15) is 11.0 Å². The van der Waals surface area contributed by atoms with Crippen LogP contribution in [-0.2, 0) is 6.54 Å². The summed E-state index contributed by atoms with van der Waals surface area (Å²) in [5.41, 5.74) is 7.93. The average Bonchev–Trinajstić information content (AvgIpc) is 3.11. The lowest BCUT2D eigenvalue weighted by Crippen LogP contribution is -2.38. The molecular formula is C15H22N4S. The first-order chi connectivity index (χ1) is 9.78. The zero-order valence-electron chi connectivity index (χ0n) is 11.9. The number of hydrogen-bond acceptors (Lipinski definition) is 4. The fourth-order valence-electron chi connectivity index (χ4n) is 3.00. The highest BCUT2D eigenvalue weighted by Gasteiger charge is 2.29. The van der Waals surface area contributed by atoms with Crippen LogP contribution in [0.15, 0.2) is 23.7 Å². The van der Waals surface area contributed by atoms with Crippen LogP contribution in [0, 0.1) is 5.92 Å². The Morgan fingerprint density at radius 3 is 3.15 bits per heavy atom. The Kier molecular flexibility index (Phi) is 4.19. The SMILES string of the molecule is CC1CCCN(C(c2ccc[nH]2)c2nc(CN)cs2)C1. The number of nitrogens with two attached hydrogens (primary N) is 1. The Morgan fingerprint density at radius 2 is 2.50 bits per heavy atom. The predicted molar refractivity (Wildman–Crippen MR) is 82.6 cm³/mol. The van der Waals surface area contributed by atoms with Gasteiger partial charge in [0.05, 0.1) is 5.69 Å². The third-order valence-corrected chi connectivity index (χ3v) is 4.93. The van der Waals surface area contributed by atoms with Gasteiger partial charge in [-0.15, -0.1) is 11.3 Å². The monoisotopic (exact) mass is 290 g/mol. The van der Waals surface area contributed by atoms with E-state index >= 15 is 0 Å². The molecule has 3 rings (SSSR count). The molecule has 1 fully saturated rings. The summed E-state index contributed by atoms with van der Waals surface area (Å²) in [5.74, 6) is 0.759. The Hall–Kier alpha value is -1.17. The normalized spacial score (nSPS) is 22.0. The van der Waals surface area contributed by atoms with Crippen molar-refractivity contribution in [2.45, 2.75) is 32.4 Å². The molecule has 4 nitrogen and oxygen atoms in total. The van der Waals surface area contributed by atoms with E-state index in [1.54, 1.807) is 11.3 Å². The van der Waals surface area contributed by atoms with E-state index in [-0.39, 0.29) is 6.04 Å². The molecule has 1 aliphatic rings. The summed E-state index contributed by atoms with van der Waals surface area (Å²) < 4.78 is 0. The van der Waals surface area contributed by atoms with E-state index in [0.717, 1.165) is 29.7 Å². The van der Waals surface area contributed by atoms with Crippen LogP contribution in [-0.4, -0.2) is 28.0 Å². The van der Waals surface area contributed by atoms with E-state index in [2.05, 4.69) is 34.3 Å². The molecule has 20 heavy (non-hydrogen) atoms. The Bertz CT molecular complexity index is 534. The van der Waals surface area contributed by atoms with Crippen LogP contribution < -0.4 is 5.73 Å². The summed E-state index contributed by atoms with van der Waals surface area (Å²) in [6.45, 7) is 5.14. The fraction of sp³-hybridized carbons (Fsp3) is 0.533. The molecule has 5 heteroatoms. The molecule has 3 heterocycles. The van der Waals surface area contributed by atoms with Gasteiger partial charge in [0, 0.05) is 30.4 Å². The molecule has 0 amide bonds. The van der Waals surface area contributed by atoms with Crippen LogP contribution in [0.25, 0.3) is 0 Å². The fourth-order valence-corrected chi connectivity index (χ4v) is 3.98. The quantitative estimate of drug-likeness (QED) is 0.910. The van der Waals surface area contributed by atoms with Crippen molar-refractivity contribution in [3.05, 3.63) is 40.1 Å². The van der Waals surface area contributed by atoms with Gasteiger partial charge in [-0.25, -0.2) is 4.98 Å². The van der Waals surface area contributed by atoms with Crippen molar-refractivity contribution in [1.82, 2.24) is 14.9 Å². The van der Waals surface area contributed by atoms with Crippen LogP contribution >= 0.6 is 11.3 Å². The topological polar surface area (TPSA) is 57.9 Å². The van der Waals surface area contributed by atoms with E-state index in [9.17, 15) is 0 Å². The molecule has 3 N–H and O–H groups in total. The predicted octanol–water partition coefficient (Wildman–Crippen LogP) is 2.75. The van der Waals surface area contributed by atoms with Crippen LogP contribution in [0.5, 0.6) is 0 Å². The molecule has 0 radical (unpaired) electrons. The zero-order valence-corrected chi connectivity index (χ0v) is 12.7. The lowest BCUT2D eigenvalue weighted by atomic mass is 9.98. The van der Waals surface area contributed by atoms with E-state index in [4.69, 9.17) is 10.7 Å². The highest BCUT2D eigenvalue weighted by molar-refractivity contribution is 7.09. The van der Waals surface area contributed by atoms with Crippen molar-refractivity contribution >= 4 is 11.3 Å². The molecular weight excluding hydrogens is 268 g/mol. The maximum Gasteiger partial charge on any atom is 0.116 e. The molecule has 1 aliphatic heterocycles. The molecule has 2 atom stereocenters. The number of rotatable bonds is 4. The number of likely N-dealkylation sites (tertiary alicyclic amines) is 1. The van der Waals surface area contributed by atoms with E-state index < -0.39 is 0 Å². The number of hydrogen-bond donors (Lipinski definition) is 2. The van der Waals surface area contributed by atoms with Crippen molar-refractivity contribution in [3.63, 3.8) is 0 Å². The van der Waals surface area contributed by atoms with E-state index in [1.807, 2.05) is 6.20 Å². The Morgan fingerprint density at radius 1 is 1.60 bits per heavy atom. The highest BCUT2D eigenvalue weighted by atomic mass is 32.1. The maximum atomic E-state index is 5.71. The lowest BCUT2D eigenvalue weighted by molar-refractivity contribution is 0.147. The molecule has 0 saturated carbocycles. The number of nitrogens with zero attached hydrogens (tertiary/aromatic N) is 2. The second-order valence-corrected chi connectivity index (χ2v) is 6.54. The molecule has 2 aromatic rings. The maximum absolute atomic E-state index is 5.71.